The van der Waals surface area contributed by atoms with Crippen LogP contribution < -0.4 is 0 Å². The van der Waals surface area contributed by atoms with E-state index in [4.69, 9.17) is 0 Å². The van der Waals surface area contributed by atoms with Gasteiger partial charge in [-0.3, -0.25) is 4.79 Å². The van der Waals surface area contributed by atoms with Crippen LogP contribution in [-0.4, -0.2) is 27.3 Å². The fourth-order valence-electron chi connectivity index (χ4n) is 3.47. The number of rotatable bonds is 2. The first-order valence-corrected chi connectivity index (χ1v) is 8.48. The Labute approximate surface area is 128 Å². The van der Waals surface area contributed by atoms with Crippen LogP contribution in [0, 0.1) is 6.92 Å². The molecule has 2 aromatic heterocycles. The third kappa shape index (κ3) is 2.20. The minimum absolute atomic E-state index is 0.114. The predicted molar refractivity (Wildman–Crippen MR) is 82.7 cm³/mol. The number of thiophene rings is 1. The van der Waals surface area contributed by atoms with Gasteiger partial charge in [0.25, 0.3) is 5.91 Å². The molecular weight excluding hydrogens is 282 g/mol. The van der Waals surface area contributed by atoms with Crippen molar-refractivity contribution in [2.24, 2.45) is 0 Å². The van der Waals surface area contributed by atoms with Crippen LogP contribution in [0.2, 0.25) is 0 Å². The lowest BCUT2D eigenvalue weighted by Gasteiger charge is -2.22. The molecule has 4 rings (SSSR count). The van der Waals surface area contributed by atoms with Crippen molar-refractivity contribution in [1.82, 2.24) is 14.9 Å². The van der Waals surface area contributed by atoms with Crippen molar-refractivity contribution < 1.29 is 4.79 Å². The first-order chi connectivity index (χ1) is 10.2. The number of imidazole rings is 1. The number of hydrogen-bond donors (Lipinski definition) is 1. The molecule has 2 aliphatic rings. The van der Waals surface area contributed by atoms with Crippen LogP contribution in [0.5, 0.6) is 0 Å². The molecule has 2 aromatic rings. The van der Waals surface area contributed by atoms with Gasteiger partial charge >= 0.3 is 0 Å². The van der Waals surface area contributed by atoms with E-state index in [0.29, 0.717) is 0 Å². The van der Waals surface area contributed by atoms with Gasteiger partial charge in [0.1, 0.15) is 5.82 Å². The number of carbonyl (C=O) groups excluding carboxylic acids is 1. The van der Waals surface area contributed by atoms with Crippen molar-refractivity contribution in [3.63, 3.8) is 0 Å². The Morgan fingerprint density at radius 3 is 3.10 bits per heavy atom. The second kappa shape index (κ2) is 4.98. The summed E-state index contributed by atoms with van der Waals surface area (Å²) in [5, 5.41) is 0. The van der Waals surface area contributed by atoms with E-state index in [9.17, 15) is 4.79 Å². The summed E-state index contributed by atoms with van der Waals surface area (Å²) in [6.07, 6.45) is 7.43. The highest BCUT2D eigenvalue weighted by Gasteiger charge is 2.33. The smallest absolute Gasteiger partial charge is 0.264 e. The number of aromatic nitrogens is 2. The zero-order valence-electron chi connectivity index (χ0n) is 12.2. The van der Waals surface area contributed by atoms with E-state index in [1.807, 2.05) is 18.0 Å². The Balaban J connectivity index is 1.60. The number of amides is 1. The fourth-order valence-corrected chi connectivity index (χ4v) is 4.68. The number of carbonyl (C=O) groups is 1. The lowest BCUT2D eigenvalue weighted by atomic mass is 10.2. The SMILES string of the molecule is Cc1cnc([C@H]2CCCN2C(=O)c2cc3c(s2)CCC3)[nH]1. The maximum absolute atomic E-state index is 12.8. The van der Waals surface area contributed by atoms with E-state index >= 15 is 0 Å². The predicted octanol–water partition coefficient (Wildman–Crippen LogP) is 3.25. The molecule has 110 valence electrons. The summed E-state index contributed by atoms with van der Waals surface area (Å²) in [4.78, 5) is 24.9. The monoisotopic (exact) mass is 301 g/mol. The van der Waals surface area contributed by atoms with E-state index in [0.717, 1.165) is 48.6 Å². The molecule has 21 heavy (non-hydrogen) atoms. The molecule has 1 amide bonds. The van der Waals surface area contributed by atoms with Crippen molar-refractivity contribution in [2.75, 3.05) is 6.54 Å². The molecule has 1 aliphatic carbocycles. The summed E-state index contributed by atoms with van der Waals surface area (Å²) >= 11 is 1.70. The number of nitrogens with one attached hydrogen (secondary N) is 1. The molecule has 0 spiro atoms. The van der Waals surface area contributed by atoms with Crippen LogP contribution in [-0.2, 0) is 12.8 Å². The molecule has 1 saturated heterocycles. The van der Waals surface area contributed by atoms with Crippen molar-refractivity contribution in [1.29, 1.82) is 0 Å². The van der Waals surface area contributed by atoms with Crippen LogP contribution in [0.4, 0.5) is 0 Å². The Morgan fingerprint density at radius 1 is 1.43 bits per heavy atom. The van der Waals surface area contributed by atoms with Crippen LogP contribution in [0.15, 0.2) is 12.3 Å². The van der Waals surface area contributed by atoms with Crippen LogP contribution in [0.1, 0.15) is 56.9 Å². The molecule has 4 nitrogen and oxygen atoms in total. The Morgan fingerprint density at radius 2 is 2.33 bits per heavy atom. The third-order valence-corrected chi connectivity index (χ3v) is 5.73. The number of nitrogens with zero attached hydrogens (tertiary/aromatic N) is 2. The summed E-state index contributed by atoms with van der Waals surface area (Å²) in [6, 6.07) is 2.24. The maximum Gasteiger partial charge on any atom is 0.264 e. The lowest BCUT2D eigenvalue weighted by Crippen LogP contribution is -2.30. The summed E-state index contributed by atoms with van der Waals surface area (Å²) in [7, 11) is 0. The number of hydrogen-bond acceptors (Lipinski definition) is 3. The molecule has 1 aliphatic heterocycles. The number of aryl methyl sites for hydroxylation is 3. The molecule has 5 heteroatoms. The van der Waals surface area contributed by atoms with E-state index in [1.54, 1.807) is 11.3 Å². The average molecular weight is 301 g/mol. The zero-order valence-corrected chi connectivity index (χ0v) is 13.0. The standard InChI is InChI=1S/C16H19N3OS/c1-10-9-17-15(18-10)12-5-3-7-19(12)16(20)14-8-11-4-2-6-13(11)21-14/h8-9,12H,2-7H2,1H3,(H,17,18)/t12-/m1/s1. The van der Waals surface area contributed by atoms with Gasteiger partial charge in [-0.25, -0.2) is 4.98 Å². The van der Waals surface area contributed by atoms with Gasteiger partial charge in [-0.05, 0) is 50.7 Å². The summed E-state index contributed by atoms with van der Waals surface area (Å²) in [6.45, 7) is 2.84. The van der Waals surface area contributed by atoms with E-state index < -0.39 is 0 Å². The van der Waals surface area contributed by atoms with Gasteiger partial charge in [0.15, 0.2) is 0 Å². The van der Waals surface area contributed by atoms with E-state index in [1.165, 1.54) is 16.9 Å². The molecular formula is C16H19N3OS. The normalized spacial score (nSPS) is 21.0. The quantitative estimate of drug-likeness (QED) is 0.925. The third-order valence-electron chi connectivity index (χ3n) is 4.51. The number of likely N-dealkylation sites (tertiary alicyclic amines) is 1. The Bertz CT molecular complexity index is 666. The molecule has 1 atom stereocenters. The highest BCUT2D eigenvalue weighted by Crippen LogP contribution is 2.35. The van der Waals surface area contributed by atoms with Gasteiger partial charge < -0.3 is 9.88 Å². The molecule has 0 saturated carbocycles. The second-order valence-corrected chi connectivity index (χ2v) is 7.16. The lowest BCUT2D eigenvalue weighted by molar-refractivity contribution is 0.0735. The molecule has 0 bridgehead atoms. The van der Waals surface area contributed by atoms with Crippen LogP contribution in [0.25, 0.3) is 0 Å². The van der Waals surface area contributed by atoms with Gasteiger partial charge in [0.2, 0.25) is 0 Å². The second-order valence-electron chi connectivity index (χ2n) is 6.02. The largest absolute Gasteiger partial charge is 0.344 e. The Kier molecular flexibility index (Phi) is 3.10. The number of fused-ring (bicyclic) bond motifs is 1. The van der Waals surface area contributed by atoms with E-state index in [2.05, 4.69) is 16.0 Å². The highest BCUT2D eigenvalue weighted by molar-refractivity contribution is 7.14. The first-order valence-electron chi connectivity index (χ1n) is 7.66. The molecule has 1 fully saturated rings. The summed E-state index contributed by atoms with van der Waals surface area (Å²) in [5.74, 6) is 1.12. The average Bonchev–Trinajstić information content (AvgIpc) is 3.20. The summed E-state index contributed by atoms with van der Waals surface area (Å²) < 4.78 is 0. The van der Waals surface area contributed by atoms with Gasteiger partial charge in [-0.1, -0.05) is 0 Å². The first kappa shape index (κ1) is 13.1. The molecule has 0 radical (unpaired) electrons. The van der Waals surface area contributed by atoms with Crippen molar-refractivity contribution in [3.8, 4) is 0 Å². The molecule has 0 aromatic carbocycles. The fraction of sp³-hybridized carbons (Fsp3) is 0.500. The number of aromatic amines is 1. The minimum Gasteiger partial charge on any atom is -0.344 e. The maximum atomic E-state index is 12.8. The van der Waals surface area contributed by atoms with Crippen molar-refractivity contribution >= 4 is 17.2 Å². The van der Waals surface area contributed by atoms with Crippen LogP contribution >= 0.6 is 11.3 Å². The summed E-state index contributed by atoms with van der Waals surface area (Å²) in [5.41, 5.74) is 2.45. The highest BCUT2D eigenvalue weighted by atomic mass is 32.1. The van der Waals surface area contributed by atoms with Gasteiger partial charge in [0.05, 0.1) is 10.9 Å². The number of H-pyrrole nitrogens is 1. The molecule has 1 N–H and O–H groups in total. The van der Waals surface area contributed by atoms with Gasteiger partial charge in [-0.2, -0.15) is 0 Å². The topological polar surface area (TPSA) is 49.0 Å². The van der Waals surface area contributed by atoms with E-state index in [-0.39, 0.29) is 11.9 Å². The van der Waals surface area contributed by atoms with Crippen molar-refractivity contribution in [3.05, 3.63) is 39.1 Å². The minimum atomic E-state index is 0.114. The van der Waals surface area contributed by atoms with Gasteiger partial charge in [0, 0.05) is 23.3 Å². The Hall–Kier alpha value is -1.62. The van der Waals surface area contributed by atoms with Crippen molar-refractivity contribution in [2.45, 2.75) is 45.1 Å². The molecule has 3 heterocycles. The zero-order chi connectivity index (χ0) is 14.4. The molecule has 0 unspecified atom stereocenters. The van der Waals surface area contributed by atoms with Gasteiger partial charge in [-0.15, -0.1) is 11.3 Å². The van der Waals surface area contributed by atoms with Crippen LogP contribution in [0.3, 0.4) is 0 Å².